The number of hydrogen-bond donors (Lipinski definition) is 3. The first-order chi connectivity index (χ1) is 6.31. The van der Waals surface area contributed by atoms with Crippen LogP contribution in [0.15, 0.2) is 0 Å². The van der Waals surface area contributed by atoms with Crippen molar-refractivity contribution in [3.63, 3.8) is 0 Å². The molecule has 0 rings (SSSR count). The Balaban J connectivity index is 4.63. The molecule has 0 aromatic carbocycles. The molecule has 0 fully saturated rings. The Bertz CT molecular complexity index is 263. The minimum absolute atomic E-state index is 0.905. The van der Waals surface area contributed by atoms with Crippen molar-refractivity contribution in [1.82, 2.24) is 0 Å². The molecule has 0 saturated carbocycles. The number of aliphatic hydroxyl groups is 1. The molecule has 0 aliphatic carbocycles. The summed E-state index contributed by atoms with van der Waals surface area (Å²) >= 11 is 1.21. The molecule has 1 unspecified atom stereocenters. The number of rotatable bonds is 5. The molecule has 0 spiro atoms. The molecule has 7 nitrogen and oxygen atoms in total. The first-order valence-corrected chi connectivity index (χ1v) is 4.19. The highest BCUT2D eigenvalue weighted by Gasteiger charge is 2.41. The van der Waals surface area contributed by atoms with E-state index < -0.39 is 36.4 Å². The summed E-state index contributed by atoms with van der Waals surface area (Å²) in [7, 11) is 0. The number of aliphatic carboxylic acids is 2. The first kappa shape index (κ1) is 13.1. The van der Waals surface area contributed by atoms with E-state index >= 15 is 0 Å². The van der Waals surface area contributed by atoms with Crippen molar-refractivity contribution in [2.75, 3.05) is 0 Å². The number of carboxylic acids is 2. The van der Waals surface area contributed by atoms with Gasteiger partial charge in [0, 0.05) is 0 Å². The fraction of sp³-hybridized carbons (Fsp3) is 0.500. The third-order valence-corrected chi connectivity index (χ3v) is 1.86. The Labute approximate surface area is 92.4 Å². The molecule has 14 heavy (non-hydrogen) atoms. The summed E-state index contributed by atoms with van der Waals surface area (Å²) in [5, 5.41) is 26.1. The largest absolute Gasteiger partial charge is 0.481 e. The first-order valence-electron chi connectivity index (χ1n) is 3.31. The van der Waals surface area contributed by atoms with Gasteiger partial charge < -0.3 is 18.4 Å². The van der Waals surface area contributed by atoms with Crippen LogP contribution in [-0.4, -0.2) is 38.8 Å². The van der Waals surface area contributed by atoms with Gasteiger partial charge >= 0.3 is 17.9 Å². The lowest BCUT2D eigenvalue weighted by Gasteiger charge is -2.18. The standard InChI is InChI=1S/C6H7IO7/c7-14-4(10)2-6(13,5(11)12)1-3(8)9/h13H,1-2H2,(H,8,9)(H,11,12). The lowest BCUT2D eigenvalue weighted by molar-refractivity contribution is -0.169. The van der Waals surface area contributed by atoms with Crippen LogP contribution in [0.4, 0.5) is 0 Å². The second-order valence-corrected chi connectivity index (χ2v) is 2.97. The molecule has 0 aromatic heterocycles. The maximum Gasteiger partial charge on any atom is 0.336 e. The molecule has 3 N–H and O–H groups in total. The van der Waals surface area contributed by atoms with E-state index in [0.717, 1.165) is 0 Å². The maximum atomic E-state index is 10.7. The predicted molar refractivity (Wildman–Crippen MR) is 49.6 cm³/mol. The van der Waals surface area contributed by atoms with Gasteiger partial charge in [-0.25, -0.2) is 4.79 Å². The number of carbonyl (C=O) groups is 3. The van der Waals surface area contributed by atoms with Crippen molar-refractivity contribution in [1.29, 1.82) is 0 Å². The van der Waals surface area contributed by atoms with E-state index in [-0.39, 0.29) is 0 Å². The van der Waals surface area contributed by atoms with E-state index in [0.29, 0.717) is 0 Å². The van der Waals surface area contributed by atoms with Gasteiger partial charge in [-0.15, -0.1) is 0 Å². The SMILES string of the molecule is O=C(O)CC(O)(CC(=O)OI)C(=O)O. The molecule has 0 saturated heterocycles. The normalized spacial score (nSPS) is 14.1. The Morgan fingerprint density at radius 1 is 1.21 bits per heavy atom. The summed E-state index contributed by atoms with van der Waals surface area (Å²) < 4.78 is 4.09. The van der Waals surface area contributed by atoms with Gasteiger partial charge in [-0.2, -0.15) is 0 Å². The highest BCUT2D eigenvalue weighted by molar-refractivity contribution is 14.1. The highest BCUT2D eigenvalue weighted by Crippen LogP contribution is 2.17. The van der Waals surface area contributed by atoms with E-state index in [4.69, 9.17) is 10.2 Å². The quantitative estimate of drug-likeness (QED) is 0.588. The Hall–Kier alpha value is -0.900. The smallest absolute Gasteiger partial charge is 0.336 e. The van der Waals surface area contributed by atoms with Crippen LogP contribution in [0, 0.1) is 0 Å². The van der Waals surface area contributed by atoms with Crippen LogP contribution in [-0.2, 0) is 17.4 Å². The minimum Gasteiger partial charge on any atom is -0.481 e. The van der Waals surface area contributed by atoms with Crippen LogP contribution in [0.25, 0.3) is 0 Å². The molecule has 0 amide bonds. The average molecular weight is 318 g/mol. The van der Waals surface area contributed by atoms with Gasteiger partial charge in [0.15, 0.2) is 28.6 Å². The van der Waals surface area contributed by atoms with Gasteiger partial charge in [0.2, 0.25) is 0 Å². The van der Waals surface area contributed by atoms with Crippen LogP contribution < -0.4 is 0 Å². The number of halogens is 1. The third-order valence-electron chi connectivity index (χ3n) is 1.36. The molecule has 0 heterocycles. The molecule has 0 radical (unpaired) electrons. The zero-order valence-corrected chi connectivity index (χ0v) is 8.92. The molecule has 0 aliphatic rings. The predicted octanol–water partition coefficient (Wildman–Crippen LogP) is -0.440. The third kappa shape index (κ3) is 3.87. The Morgan fingerprint density at radius 3 is 2.00 bits per heavy atom. The lowest BCUT2D eigenvalue weighted by atomic mass is 9.96. The fourth-order valence-electron chi connectivity index (χ4n) is 0.730. The van der Waals surface area contributed by atoms with Crippen LogP contribution >= 0.6 is 23.0 Å². The highest BCUT2D eigenvalue weighted by atomic mass is 127. The summed E-state index contributed by atoms with van der Waals surface area (Å²) in [5.41, 5.74) is -2.62. The van der Waals surface area contributed by atoms with Gasteiger partial charge in [0.05, 0.1) is 12.8 Å². The average Bonchev–Trinajstić information content (AvgIpc) is 2.02. The molecular weight excluding hydrogens is 311 g/mol. The summed E-state index contributed by atoms with van der Waals surface area (Å²) in [6, 6.07) is 0. The molecule has 80 valence electrons. The van der Waals surface area contributed by atoms with Gasteiger partial charge in [-0.05, 0) is 0 Å². The number of carboxylic acid groups (broad SMARTS) is 2. The summed E-state index contributed by atoms with van der Waals surface area (Å²) in [6.07, 6.45) is -1.97. The molecule has 1 atom stereocenters. The van der Waals surface area contributed by atoms with Crippen molar-refractivity contribution in [3.05, 3.63) is 0 Å². The van der Waals surface area contributed by atoms with Crippen molar-refractivity contribution < 1.29 is 32.8 Å². The monoisotopic (exact) mass is 318 g/mol. The van der Waals surface area contributed by atoms with Crippen LogP contribution in [0.1, 0.15) is 12.8 Å². The Morgan fingerprint density at radius 2 is 1.71 bits per heavy atom. The topological polar surface area (TPSA) is 121 Å². The van der Waals surface area contributed by atoms with E-state index in [9.17, 15) is 19.5 Å². The summed E-state index contributed by atoms with van der Waals surface area (Å²) in [5.74, 6) is -4.30. The minimum atomic E-state index is -2.62. The van der Waals surface area contributed by atoms with Crippen molar-refractivity contribution >= 4 is 40.9 Å². The molecule has 0 aromatic rings. The van der Waals surface area contributed by atoms with E-state index in [2.05, 4.69) is 3.07 Å². The zero-order valence-electron chi connectivity index (χ0n) is 6.77. The van der Waals surface area contributed by atoms with E-state index in [1.165, 1.54) is 23.0 Å². The van der Waals surface area contributed by atoms with Gasteiger partial charge in [-0.3, -0.25) is 9.59 Å². The lowest BCUT2D eigenvalue weighted by Crippen LogP contribution is -2.42. The van der Waals surface area contributed by atoms with Crippen molar-refractivity contribution in [2.45, 2.75) is 18.4 Å². The summed E-state index contributed by atoms with van der Waals surface area (Å²) in [6.45, 7) is 0. The molecular formula is C6H7IO7. The van der Waals surface area contributed by atoms with Crippen molar-refractivity contribution in [2.24, 2.45) is 0 Å². The van der Waals surface area contributed by atoms with Crippen LogP contribution in [0.3, 0.4) is 0 Å². The van der Waals surface area contributed by atoms with Gasteiger partial charge in [-0.1, -0.05) is 0 Å². The van der Waals surface area contributed by atoms with Crippen molar-refractivity contribution in [3.8, 4) is 0 Å². The molecule has 0 aliphatic heterocycles. The van der Waals surface area contributed by atoms with Gasteiger partial charge in [0.25, 0.3) is 0 Å². The van der Waals surface area contributed by atoms with E-state index in [1.54, 1.807) is 0 Å². The maximum absolute atomic E-state index is 10.7. The number of hydrogen-bond acceptors (Lipinski definition) is 5. The number of carbonyl (C=O) groups excluding carboxylic acids is 1. The second-order valence-electron chi connectivity index (χ2n) is 2.53. The molecule has 0 bridgehead atoms. The summed E-state index contributed by atoms with van der Waals surface area (Å²) in [4.78, 5) is 31.4. The van der Waals surface area contributed by atoms with E-state index in [1.807, 2.05) is 0 Å². The van der Waals surface area contributed by atoms with Gasteiger partial charge in [0.1, 0.15) is 0 Å². The second kappa shape index (κ2) is 5.10. The fourth-order valence-corrected chi connectivity index (χ4v) is 0.886. The molecule has 8 heteroatoms. The van der Waals surface area contributed by atoms with Crippen LogP contribution in [0.5, 0.6) is 0 Å². The van der Waals surface area contributed by atoms with Crippen LogP contribution in [0.2, 0.25) is 0 Å². The Kier molecular flexibility index (Phi) is 4.77. The zero-order chi connectivity index (χ0) is 11.4.